The molecule has 3 amide bonds. The fourth-order valence-electron chi connectivity index (χ4n) is 4.35. The summed E-state index contributed by atoms with van der Waals surface area (Å²) >= 11 is 1.47. The molecule has 0 aliphatic carbocycles. The summed E-state index contributed by atoms with van der Waals surface area (Å²) in [6.45, 7) is 0.964. The fraction of sp³-hybridized carbons (Fsp3) is 0.231. The van der Waals surface area contributed by atoms with Crippen LogP contribution in [-0.4, -0.2) is 52.5 Å². The predicted molar refractivity (Wildman–Crippen MR) is 134 cm³/mol. The molecule has 1 aliphatic heterocycles. The van der Waals surface area contributed by atoms with Crippen molar-refractivity contribution in [1.29, 1.82) is 0 Å². The van der Waals surface area contributed by atoms with E-state index in [9.17, 15) is 14.4 Å². The Morgan fingerprint density at radius 2 is 1.94 bits per heavy atom. The number of H-pyrrole nitrogens is 1. The molecule has 0 bridgehead atoms. The van der Waals surface area contributed by atoms with Crippen LogP contribution < -0.4 is 10.6 Å². The highest BCUT2D eigenvalue weighted by Gasteiger charge is 2.30. The second-order valence-electron chi connectivity index (χ2n) is 8.54. The molecule has 0 unspecified atom stereocenters. The second-order valence-corrected chi connectivity index (χ2v) is 9.67. The topological polar surface area (TPSA) is 107 Å². The van der Waals surface area contributed by atoms with Crippen molar-refractivity contribution in [3.63, 3.8) is 0 Å². The molecule has 4 aromatic rings. The minimum Gasteiger partial charge on any atom is -0.354 e. The number of benzene rings is 2. The summed E-state index contributed by atoms with van der Waals surface area (Å²) in [7, 11) is 1.61. The van der Waals surface area contributed by atoms with Crippen LogP contribution in [-0.2, 0) is 24.2 Å². The van der Waals surface area contributed by atoms with Crippen LogP contribution in [0.25, 0.3) is 10.9 Å². The summed E-state index contributed by atoms with van der Waals surface area (Å²) in [5.74, 6) is -0.562. The maximum absolute atomic E-state index is 13.7. The molecule has 2 aromatic heterocycles. The Bertz CT molecular complexity index is 1390. The highest BCUT2D eigenvalue weighted by atomic mass is 32.1. The number of thiophene rings is 1. The average Bonchev–Trinajstić information content (AvgIpc) is 3.54. The van der Waals surface area contributed by atoms with Crippen LogP contribution in [0.2, 0.25) is 0 Å². The minimum absolute atomic E-state index is 0.119. The highest BCUT2D eigenvalue weighted by Crippen LogP contribution is 2.28. The summed E-state index contributed by atoms with van der Waals surface area (Å²) < 4.78 is 0. The van der Waals surface area contributed by atoms with E-state index in [1.54, 1.807) is 36.3 Å². The molecule has 0 saturated heterocycles. The molecule has 35 heavy (non-hydrogen) atoms. The zero-order valence-corrected chi connectivity index (χ0v) is 20.0. The van der Waals surface area contributed by atoms with Crippen molar-refractivity contribution in [2.45, 2.75) is 25.4 Å². The number of rotatable bonds is 6. The third-order valence-corrected chi connectivity index (χ3v) is 7.45. The van der Waals surface area contributed by atoms with E-state index in [4.69, 9.17) is 0 Å². The van der Waals surface area contributed by atoms with E-state index in [0.29, 0.717) is 36.4 Å². The van der Waals surface area contributed by atoms with Gasteiger partial charge in [-0.15, -0.1) is 11.3 Å². The number of amides is 3. The van der Waals surface area contributed by atoms with Crippen molar-refractivity contribution in [2.24, 2.45) is 0 Å². The number of aromatic nitrogens is 2. The van der Waals surface area contributed by atoms with Crippen LogP contribution in [0.4, 0.5) is 0 Å². The van der Waals surface area contributed by atoms with Crippen molar-refractivity contribution >= 4 is 40.0 Å². The van der Waals surface area contributed by atoms with Crippen molar-refractivity contribution < 1.29 is 14.4 Å². The summed E-state index contributed by atoms with van der Waals surface area (Å²) in [4.78, 5) is 42.4. The van der Waals surface area contributed by atoms with Gasteiger partial charge >= 0.3 is 0 Å². The first-order valence-corrected chi connectivity index (χ1v) is 12.2. The Labute approximate surface area is 206 Å². The molecule has 0 spiro atoms. The molecular weight excluding hydrogens is 462 g/mol. The van der Waals surface area contributed by atoms with Gasteiger partial charge in [0.2, 0.25) is 5.91 Å². The quantitative estimate of drug-likeness (QED) is 0.389. The molecule has 0 saturated carbocycles. The van der Waals surface area contributed by atoms with E-state index in [1.807, 2.05) is 36.4 Å². The molecule has 178 valence electrons. The molecule has 1 atom stereocenters. The molecule has 0 fully saturated rings. The van der Waals surface area contributed by atoms with E-state index in [-0.39, 0.29) is 17.7 Å². The monoisotopic (exact) mass is 487 g/mol. The SMILES string of the molecule is CNC(=O)c1cc2c(s1)CCN(C(=O)[C@@H](Cc1ccccc1)NC(=O)c1ccc3[nH]ncc3c1)C2. The van der Waals surface area contributed by atoms with Gasteiger partial charge in [0.1, 0.15) is 6.04 Å². The first-order chi connectivity index (χ1) is 17.0. The Morgan fingerprint density at radius 1 is 1.11 bits per heavy atom. The Kier molecular flexibility index (Phi) is 6.33. The zero-order valence-electron chi connectivity index (χ0n) is 19.2. The lowest BCUT2D eigenvalue weighted by Gasteiger charge is -2.31. The van der Waals surface area contributed by atoms with Crippen molar-refractivity contribution in [2.75, 3.05) is 13.6 Å². The number of carbonyl (C=O) groups excluding carboxylic acids is 3. The highest BCUT2D eigenvalue weighted by molar-refractivity contribution is 7.14. The number of carbonyl (C=O) groups is 3. The molecule has 5 rings (SSSR count). The van der Waals surface area contributed by atoms with Crippen LogP contribution in [0.1, 0.15) is 36.0 Å². The van der Waals surface area contributed by atoms with Gasteiger partial charge in [-0.3, -0.25) is 19.5 Å². The van der Waals surface area contributed by atoms with Gasteiger partial charge in [0.15, 0.2) is 0 Å². The van der Waals surface area contributed by atoms with Crippen molar-refractivity contribution in [3.05, 3.63) is 87.2 Å². The van der Waals surface area contributed by atoms with Crippen LogP contribution in [0.5, 0.6) is 0 Å². The molecule has 3 N–H and O–H groups in total. The smallest absolute Gasteiger partial charge is 0.261 e. The third-order valence-electron chi connectivity index (χ3n) is 6.22. The Morgan fingerprint density at radius 3 is 2.74 bits per heavy atom. The predicted octanol–water partition coefficient (Wildman–Crippen LogP) is 2.91. The second kappa shape index (κ2) is 9.71. The van der Waals surface area contributed by atoms with Crippen LogP contribution in [0.15, 0.2) is 60.8 Å². The van der Waals surface area contributed by atoms with Gasteiger partial charge in [-0.05, 0) is 41.8 Å². The van der Waals surface area contributed by atoms with Gasteiger partial charge in [-0.2, -0.15) is 5.10 Å². The number of hydrogen-bond acceptors (Lipinski definition) is 5. The zero-order chi connectivity index (χ0) is 24.4. The molecule has 0 radical (unpaired) electrons. The molecule has 9 heteroatoms. The first kappa shape index (κ1) is 22.8. The lowest BCUT2D eigenvalue weighted by molar-refractivity contribution is -0.134. The summed E-state index contributed by atoms with van der Waals surface area (Å²) in [5.41, 5.74) is 3.27. The van der Waals surface area contributed by atoms with Gasteiger partial charge in [-0.1, -0.05) is 30.3 Å². The standard InChI is InChI=1S/C26H25N5O3S/c1-27-25(33)23-13-19-15-31(10-9-22(19)35-23)26(34)21(11-16-5-3-2-4-6-16)29-24(32)17-7-8-20-18(12-17)14-28-30-20/h2-8,12-14,21H,9-11,15H2,1H3,(H,27,33)(H,28,30)(H,29,32)/t21-/m1/s1. The first-order valence-electron chi connectivity index (χ1n) is 11.4. The van der Waals surface area contributed by atoms with Gasteiger partial charge < -0.3 is 15.5 Å². The minimum atomic E-state index is -0.719. The van der Waals surface area contributed by atoms with Gasteiger partial charge in [0.05, 0.1) is 16.6 Å². The molecule has 2 aromatic carbocycles. The molecule has 8 nitrogen and oxygen atoms in total. The van der Waals surface area contributed by atoms with Crippen molar-refractivity contribution in [3.8, 4) is 0 Å². The summed E-state index contributed by atoms with van der Waals surface area (Å²) in [6.07, 6.45) is 2.74. The van der Waals surface area contributed by atoms with E-state index < -0.39 is 6.04 Å². The Hall–Kier alpha value is -3.98. The molecule has 3 heterocycles. The number of nitrogens with zero attached hydrogens (tertiary/aromatic N) is 2. The van der Waals surface area contributed by atoms with E-state index in [2.05, 4.69) is 20.8 Å². The number of nitrogens with one attached hydrogen (secondary N) is 3. The lowest BCUT2D eigenvalue weighted by atomic mass is 10.0. The number of hydrogen-bond donors (Lipinski definition) is 3. The number of fused-ring (bicyclic) bond motifs is 2. The maximum Gasteiger partial charge on any atom is 0.261 e. The third kappa shape index (κ3) is 4.81. The van der Waals surface area contributed by atoms with Gasteiger partial charge in [0, 0.05) is 42.4 Å². The summed E-state index contributed by atoms with van der Waals surface area (Å²) in [5, 5.41) is 13.3. The fourth-order valence-corrected chi connectivity index (χ4v) is 5.46. The van der Waals surface area contributed by atoms with Gasteiger partial charge in [-0.25, -0.2) is 0 Å². The normalized spacial score (nSPS) is 13.8. The van der Waals surface area contributed by atoms with Crippen LogP contribution in [0, 0.1) is 0 Å². The van der Waals surface area contributed by atoms with E-state index in [0.717, 1.165) is 26.9 Å². The largest absolute Gasteiger partial charge is 0.354 e. The van der Waals surface area contributed by atoms with Gasteiger partial charge in [0.25, 0.3) is 11.8 Å². The lowest BCUT2D eigenvalue weighted by Crippen LogP contribution is -2.50. The average molecular weight is 488 g/mol. The van der Waals surface area contributed by atoms with E-state index >= 15 is 0 Å². The maximum atomic E-state index is 13.7. The van der Waals surface area contributed by atoms with Crippen molar-refractivity contribution in [1.82, 2.24) is 25.7 Å². The number of aromatic amines is 1. The van der Waals surface area contributed by atoms with E-state index in [1.165, 1.54) is 11.3 Å². The Balaban J connectivity index is 1.37. The molecular formula is C26H25N5O3S. The summed E-state index contributed by atoms with van der Waals surface area (Å²) in [6, 6.07) is 16.1. The van der Waals surface area contributed by atoms with Crippen LogP contribution >= 0.6 is 11.3 Å². The van der Waals surface area contributed by atoms with Crippen LogP contribution in [0.3, 0.4) is 0 Å². The molecule has 1 aliphatic rings.